The summed E-state index contributed by atoms with van der Waals surface area (Å²) in [4.78, 5) is 13.4. The second-order valence-electron chi connectivity index (χ2n) is 1.70. The Bertz CT molecular complexity index is 258. The summed E-state index contributed by atoms with van der Waals surface area (Å²) in [5.74, 6) is 0. The molecule has 0 aliphatic heterocycles. The maximum Gasteiger partial charge on any atom is 0.132 e. The Kier molecular flexibility index (Phi) is 2.62. The van der Waals surface area contributed by atoms with Crippen molar-refractivity contribution in [3.8, 4) is 0 Å². The number of halogens is 2. The minimum absolute atomic E-state index is 0.212. The fourth-order valence-corrected chi connectivity index (χ4v) is 1.04. The summed E-state index contributed by atoms with van der Waals surface area (Å²) in [6.07, 6.45) is 0. The molecule has 0 unspecified atom stereocenters. The molecule has 0 bridgehead atoms. The number of rotatable bonds is 2. The van der Waals surface area contributed by atoms with Gasteiger partial charge in [0.15, 0.2) is 0 Å². The van der Waals surface area contributed by atoms with Crippen molar-refractivity contribution in [2.75, 3.05) is 5.43 Å². The number of pyridine rings is 1. The fraction of sp³-hybridized carbons (Fsp3) is 0. The highest BCUT2D eigenvalue weighted by Crippen LogP contribution is 2.18. The van der Waals surface area contributed by atoms with Crippen LogP contribution in [0.1, 0.15) is 0 Å². The minimum Gasteiger partial charge on any atom is -0.242 e. The lowest BCUT2D eigenvalue weighted by Crippen LogP contribution is -1.87. The molecular weight excluding hydrogens is 189 g/mol. The van der Waals surface area contributed by atoms with Gasteiger partial charge in [0.25, 0.3) is 0 Å². The molecule has 0 fully saturated rings. The van der Waals surface area contributed by atoms with Gasteiger partial charge in [0, 0.05) is 12.1 Å². The smallest absolute Gasteiger partial charge is 0.132 e. The molecule has 1 rings (SSSR count). The molecule has 58 valence electrons. The van der Waals surface area contributed by atoms with Gasteiger partial charge in [-0.1, -0.05) is 23.2 Å². The van der Waals surface area contributed by atoms with Gasteiger partial charge >= 0.3 is 0 Å². The Morgan fingerprint density at radius 2 is 1.91 bits per heavy atom. The van der Waals surface area contributed by atoms with Crippen LogP contribution in [-0.4, -0.2) is 4.98 Å². The molecule has 0 aliphatic rings. The van der Waals surface area contributed by atoms with Crippen LogP contribution in [0.25, 0.3) is 0 Å². The number of nitroso groups, excluding NO2 is 1. The van der Waals surface area contributed by atoms with Crippen LogP contribution in [0, 0.1) is 4.91 Å². The van der Waals surface area contributed by atoms with E-state index < -0.39 is 0 Å². The lowest BCUT2D eigenvalue weighted by Gasteiger charge is -1.97. The highest BCUT2D eigenvalue weighted by Gasteiger charge is 1.97. The summed E-state index contributed by atoms with van der Waals surface area (Å²) in [5, 5.41) is 2.87. The molecule has 0 spiro atoms. The fourth-order valence-electron chi connectivity index (χ4n) is 0.582. The van der Waals surface area contributed by atoms with E-state index in [1.807, 2.05) is 0 Å². The lowest BCUT2D eigenvalue weighted by atomic mass is 10.4. The summed E-state index contributed by atoms with van der Waals surface area (Å²) in [6.45, 7) is 0. The lowest BCUT2D eigenvalue weighted by molar-refractivity contribution is 1.27. The van der Waals surface area contributed by atoms with Crippen LogP contribution in [0.3, 0.4) is 0 Å². The molecule has 4 nitrogen and oxygen atoms in total. The van der Waals surface area contributed by atoms with E-state index in [0.29, 0.717) is 5.69 Å². The van der Waals surface area contributed by atoms with E-state index in [4.69, 9.17) is 23.2 Å². The Labute approximate surface area is 72.5 Å². The Balaban J connectivity index is 2.98. The average molecular weight is 192 g/mol. The molecule has 0 amide bonds. The molecular formula is C5H3Cl2N3O. The van der Waals surface area contributed by atoms with Gasteiger partial charge in [-0.3, -0.25) is 0 Å². The molecule has 11 heavy (non-hydrogen) atoms. The first kappa shape index (κ1) is 8.23. The third-order valence-electron chi connectivity index (χ3n) is 0.938. The molecule has 0 atom stereocenters. The van der Waals surface area contributed by atoms with Crippen molar-refractivity contribution < 1.29 is 0 Å². The zero-order chi connectivity index (χ0) is 8.27. The number of nitrogens with one attached hydrogen (secondary N) is 1. The van der Waals surface area contributed by atoms with Gasteiger partial charge in [-0.2, -0.15) is 0 Å². The number of anilines is 1. The van der Waals surface area contributed by atoms with E-state index >= 15 is 0 Å². The van der Waals surface area contributed by atoms with Crippen LogP contribution in [0.5, 0.6) is 0 Å². The minimum atomic E-state index is 0.212. The zero-order valence-corrected chi connectivity index (χ0v) is 6.73. The second-order valence-corrected chi connectivity index (χ2v) is 2.48. The maximum absolute atomic E-state index is 9.73. The van der Waals surface area contributed by atoms with Gasteiger partial charge in [0.2, 0.25) is 0 Å². The molecule has 0 aromatic carbocycles. The van der Waals surface area contributed by atoms with Gasteiger partial charge in [-0.15, -0.1) is 4.91 Å². The topological polar surface area (TPSA) is 54.4 Å². The number of hydrogen-bond donors (Lipinski definition) is 1. The normalized spacial score (nSPS) is 9.27. The summed E-state index contributed by atoms with van der Waals surface area (Å²) >= 11 is 11.0. The molecule has 1 N–H and O–H groups in total. The monoisotopic (exact) mass is 191 g/mol. The number of nitrogens with zero attached hydrogens (tertiary/aromatic N) is 2. The highest BCUT2D eigenvalue weighted by atomic mass is 35.5. The molecule has 1 aromatic heterocycles. The first-order valence-electron chi connectivity index (χ1n) is 2.64. The largest absolute Gasteiger partial charge is 0.242 e. The maximum atomic E-state index is 9.73. The molecule has 0 aliphatic carbocycles. The average Bonchev–Trinajstić information content (AvgIpc) is 1.85. The van der Waals surface area contributed by atoms with Crippen molar-refractivity contribution >= 4 is 28.9 Å². The predicted octanol–water partition coefficient (Wildman–Crippen LogP) is 2.48. The van der Waals surface area contributed by atoms with E-state index in [2.05, 4.69) is 15.7 Å². The summed E-state index contributed by atoms with van der Waals surface area (Å²) in [5.41, 5.74) is 2.57. The summed E-state index contributed by atoms with van der Waals surface area (Å²) in [6, 6.07) is 2.88. The van der Waals surface area contributed by atoms with Crippen LogP contribution in [-0.2, 0) is 0 Å². The Morgan fingerprint density at radius 3 is 2.36 bits per heavy atom. The van der Waals surface area contributed by atoms with Crippen molar-refractivity contribution in [1.29, 1.82) is 0 Å². The quantitative estimate of drug-likeness (QED) is 0.444. The SMILES string of the molecule is O=NNc1cc(Cl)nc(Cl)c1. The van der Waals surface area contributed by atoms with E-state index in [9.17, 15) is 4.91 Å². The number of aromatic nitrogens is 1. The van der Waals surface area contributed by atoms with Crippen LogP contribution in [0.2, 0.25) is 10.3 Å². The molecule has 6 heteroatoms. The third kappa shape index (κ3) is 2.32. The third-order valence-corrected chi connectivity index (χ3v) is 1.32. The van der Waals surface area contributed by atoms with E-state index in [1.165, 1.54) is 12.1 Å². The van der Waals surface area contributed by atoms with E-state index in [1.54, 1.807) is 0 Å². The summed E-state index contributed by atoms with van der Waals surface area (Å²) < 4.78 is 0. The van der Waals surface area contributed by atoms with Gasteiger partial charge in [0.05, 0.1) is 11.0 Å². The van der Waals surface area contributed by atoms with Crippen LogP contribution >= 0.6 is 23.2 Å². The predicted molar refractivity (Wildman–Crippen MR) is 43.7 cm³/mol. The molecule has 1 heterocycles. The van der Waals surface area contributed by atoms with Crippen molar-refractivity contribution in [3.05, 3.63) is 27.3 Å². The van der Waals surface area contributed by atoms with Crippen molar-refractivity contribution in [2.24, 2.45) is 5.29 Å². The first-order chi connectivity index (χ1) is 5.22. The zero-order valence-electron chi connectivity index (χ0n) is 5.21. The number of hydrogen-bond acceptors (Lipinski definition) is 3. The van der Waals surface area contributed by atoms with E-state index in [0.717, 1.165) is 0 Å². The van der Waals surface area contributed by atoms with Crippen molar-refractivity contribution in [1.82, 2.24) is 4.98 Å². The molecule has 0 radical (unpaired) electrons. The van der Waals surface area contributed by atoms with Crippen molar-refractivity contribution in [3.63, 3.8) is 0 Å². The van der Waals surface area contributed by atoms with Gasteiger partial charge in [0.1, 0.15) is 10.3 Å². The van der Waals surface area contributed by atoms with Gasteiger partial charge < -0.3 is 0 Å². The Morgan fingerprint density at radius 1 is 1.36 bits per heavy atom. The van der Waals surface area contributed by atoms with Crippen LogP contribution < -0.4 is 5.43 Å². The Hall–Kier alpha value is -0.870. The van der Waals surface area contributed by atoms with Crippen molar-refractivity contribution in [2.45, 2.75) is 0 Å². The highest BCUT2D eigenvalue weighted by molar-refractivity contribution is 6.32. The molecule has 1 aromatic rings. The van der Waals surface area contributed by atoms with Gasteiger partial charge in [-0.25, -0.2) is 10.4 Å². The van der Waals surface area contributed by atoms with Crippen LogP contribution in [0.15, 0.2) is 17.4 Å². The van der Waals surface area contributed by atoms with Crippen LogP contribution in [0.4, 0.5) is 5.69 Å². The molecule has 0 saturated carbocycles. The first-order valence-corrected chi connectivity index (χ1v) is 3.39. The molecule has 0 saturated heterocycles. The second kappa shape index (κ2) is 3.50. The summed E-state index contributed by atoms with van der Waals surface area (Å²) in [7, 11) is 0. The van der Waals surface area contributed by atoms with E-state index in [-0.39, 0.29) is 10.3 Å². The standard InChI is InChI=1S/C5H3Cl2N3O/c6-4-1-3(9-10-11)2-5(7)8-4/h1-2H,(H,8,9,11). The van der Waals surface area contributed by atoms with Gasteiger partial charge in [-0.05, 0) is 0 Å².